The van der Waals surface area contributed by atoms with E-state index in [1.807, 2.05) is 6.07 Å². The molecule has 0 saturated carbocycles. The van der Waals surface area contributed by atoms with Gasteiger partial charge in [0.15, 0.2) is 0 Å². The van der Waals surface area contributed by atoms with E-state index < -0.39 is 0 Å². The Labute approximate surface area is 123 Å². The summed E-state index contributed by atoms with van der Waals surface area (Å²) in [5, 5.41) is 3.88. The molecule has 0 atom stereocenters. The summed E-state index contributed by atoms with van der Waals surface area (Å²) < 4.78 is 5.34. The number of pyridine rings is 1. The van der Waals surface area contributed by atoms with Crippen LogP contribution in [0.2, 0.25) is 0 Å². The van der Waals surface area contributed by atoms with Gasteiger partial charge in [-0.05, 0) is 30.3 Å². The van der Waals surface area contributed by atoms with Gasteiger partial charge in [0.05, 0.1) is 6.21 Å². The number of carbonyl (C=O) groups is 1. The maximum Gasteiger partial charge on any atom is 0.271 e. The number of ether oxygens (including phenoxy) is 1. The number of hydrazone groups is 1. The molecule has 0 radical (unpaired) electrons. The third-order valence-electron chi connectivity index (χ3n) is 2.55. The molecule has 5 nitrogen and oxygen atoms in total. The van der Waals surface area contributed by atoms with Gasteiger partial charge in [-0.15, -0.1) is 0 Å². The molecule has 0 saturated heterocycles. The predicted octanol–water partition coefficient (Wildman–Crippen LogP) is 2.41. The number of aromatic nitrogens is 1. The zero-order valence-electron chi connectivity index (χ0n) is 11.4. The monoisotopic (exact) mass is 281 g/mol. The van der Waals surface area contributed by atoms with Crippen LogP contribution in [0.3, 0.4) is 0 Å². The number of nitrogens with one attached hydrogen (secondary N) is 1. The zero-order valence-corrected chi connectivity index (χ0v) is 11.4. The fourth-order valence-electron chi connectivity index (χ4n) is 1.54. The number of nitrogens with zero attached hydrogens (tertiary/aromatic N) is 2. The average molecular weight is 281 g/mol. The lowest BCUT2D eigenvalue weighted by Crippen LogP contribution is -2.17. The van der Waals surface area contributed by atoms with Gasteiger partial charge in [-0.2, -0.15) is 5.10 Å². The van der Waals surface area contributed by atoms with E-state index >= 15 is 0 Å². The minimum Gasteiger partial charge on any atom is -0.490 e. The van der Waals surface area contributed by atoms with Gasteiger partial charge in [0.2, 0.25) is 0 Å². The SMILES string of the molecule is C=CCOc1ccc(C(=O)N/N=C/c2cccnc2)cc1. The highest BCUT2D eigenvalue weighted by Crippen LogP contribution is 2.12. The molecule has 1 aromatic carbocycles. The van der Waals surface area contributed by atoms with Gasteiger partial charge in [-0.1, -0.05) is 18.7 Å². The fraction of sp³-hybridized carbons (Fsp3) is 0.0625. The highest BCUT2D eigenvalue weighted by atomic mass is 16.5. The number of hydrogen-bond acceptors (Lipinski definition) is 4. The molecule has 0 unspecified atom stereocenters. The second-order valence-electron chi connectivity index (χ2n) is 4.11. The normalized spacial score (nSPS) is 10.3. The van der Waals surface area contributed by atoms with Crippen molar-refractivity contribution in [2.75, 3.05) is 6.61 Å². The summed E-state index contributed by atoms with van der Waals surface area (Å²) in [4.78, 5) is 15.8. The van der Waals surface area contributed by atoms with Crippen LogP contribution in [0.15, 0.2) is 66.5 Å². The third kappa shape index (κ3) is 4.58. The van der Waals surface area contributed by atoms with Crippen LogP contribution in [-0.2, 0) is 0 Å². The van der Waals surface area contributed by atoms with E-state index in [0.29, 0.717) is 17.9 Å². The van der Waals surface area contributed by atoms with Gasteiger partial charge in [0.1, 0.15) is 12.4 Å². The zero-order chi connectivity index (χ0) is 14.9. The minimum atomic E-state index is -0.287. The fourth-order valence-corrected chi connectivity index (χ4v) is 1.54. The standard InChI is InChI=1S/C16H15N3O2/c1-2-10-21-15-7-5-14(6-8-15)16(20)19-18-12-13-4-3-9-17-11-13/h2-9,11-12H,1,10H2,(H,19,20)/b18-12+. The number of benzene rings is 1. The number of carbonyl (C=O) groups excluding carboxylic acids is 1. The Hall–Kier alpha value is -2.95. The lowest BCUT2D eigenvalue weighted by Gasteiger charge is -2.04. The molecular weight excluding hydrogens is 266 g/mol. The lowest BCUT2D eigenvalue weighted by atomic mass is 10.2. The van der Waals surface area contributed by atoms with Crippen LogP contribution in [0.25, 0.3) is 0 Å². The van der Waals surface area contributed by atoms with Crippen LogP contribution in [0.5, 0.6) is 5.75 Å². The summed E-state index contributed by atoms with van der Waals surface area (Å²) in [6.45, 7) is 4.00. The molecule has 0 spiro atoms. The van der Waals surface area contributed by atoms with Crippen LogP contribution < -0.4 is 10.2 Å². The first kappa shape index (κ1) is 14.5. The first-order valence-electron chi connectivity index (χ1n) is 6.37. The van der Waals surface area contributed by atoms with Crippen LogP contribution in [0.4, 0.5) is 0 Å². The van der Waals surface area contributed by atoms with Crippen molar-refractivity contribution in [2.24, 2.45) is 5.10 Å². The molecule has 0 aliphatic heterocycles. The highest BCUT2D eigenvalue weighted by molar-refractivity contribution is 5.94. The first-order chi connectivity index (χ1) is 10.3. The van der Waals surface area contributed by atoms with E-state index in [2.05, 4.69) is 22.1 Å². The first-order valence-corrected chi connectivity index (χ1v) is 6.37. The molecule has 0 fully saturated rings. The number of amides is 1. The Bertz CT molecular complexity index is 622. The Kier molecular flexibility index (Phi) is 5.23. The topological polar surface area (TPSA) is 63.6 Å². The Morgan fingerprint density at radius 2 is 2.14 bits per heavy atom. The van der Waals surface area contributed by atoms with Crippen molar-refractivity contribution in [1.29, 1.82) is 0 Å². The quantitative estimate of drug-likeness (QED) is 0.502. The molecule has 2 aromatic rings. The van der Waals surface area contributed by atoms with E-state index in [9.17, 15) is 4.79 Å². The highest BCUT2D eigenvalue weighted by Gasteiger charge is 2.03. The predicted molar refractivity (Wildman–Crippen MR) is 81.4 cm³/mol. The summed E-state index contributed by atoms with van der Waals surface area (Å²) in [6.07, 6.45) is 6.52. The van der Waals surface area contributed by atoms with Gasteiger partial charge < -0.3 is 4.74 Å². The van der Waals surface area contributed by atoms with Crippen molar-refractivity contribution in [2.45, 2.75) is 0 Å². The van der Waals surface area contributed by atoms with Gasteiger partial charge in [-0.25, -0.2) is 5.43 Å². The largest absolute Gasteiger partial charge is 0.490 e. The van der Waals surface area contributed by atoms with Crippen molar-refractivity contribution in [3.05, 3.63) is 72.6 Å². The maximum atomic E-state index is 11.9. The van der Waals surface area contributed by atoms with Crippen molar-refractivity contribution in [1.82, 2.24) is 10.4 Å². The van der Waals surface area contributed by atoms with Crippen LogP contribution >= 0.6 is 0 Å². The van der Waals surface area contributed by atoms with Crippen molar-refractivity contribution in [3.63, 3.8) is 0 Å². The minimum absolute atomic E-state index is 0.287. The van der Waals surface area contributed by atoms with Gasteiger partial charge >= 0.3 is 0 Å². The molecule has 1 heterocycles. The number of rotatable bonds is 6. The van der Waals surface area contributed by atoms with Gasteiger partial charge in [0.25, 0.3) is 5.91 Å². The Morgan fingerprint density at radius 3 is 2.81 bits per heavy atom. The van der Waals surface area contributed by atoms with Gasteiger partial charge in [-0.3, -0.25) is 9.78 Å². The molecule has 5 heteroatoms. The van der Waals surface area contributed by atoms with E-state index in [4.69, 9.17) is 4.74 Å². The molecule has 106 valence electrons. The molecule has 1 aromatic heterocycles. The van der Waals surface area contributed by atoms with E-state index in [1.54, 1.807) is 48.8 Å². The third-order valence-corrected chi connectivity index (χ3v) is 2.55. The van der Waals surface area contributed by atoms with Crippen molar-refractivity contribution >= 4 is 12.1 Å². The molecule has 0 aliphatic carbocycles. The second kappa shape index (κ2) is 7.59. The molecule has 0 bridgehead atoms. The van der Waals surface area contributed by atoms with Crippen molar-refractivity contribution < 1.29 is 9.53 Å². The van der Waals surface area contributed by atoms with E-state index in [1.165, 1.54) is 6.21 Å². The molecule has 0 aliphatic rings. The average Bonchev–Trinajstić information content (AvgIpc) is 2.54. The van der Waals surface area contributed by atoms with E-state index in [0.717, 1.165) is 5.56 Å². The molecule has 21 heavy (non-hydrogen) atoms. The summed E-state index contributed by atoms with van der Waals surface area (Å²) in [6, 6.07) is 10.4. The van der Waals surface area contributed by atoms with E-state index in [-0.39, 0.29) is 5.91 Å². The molecule has 1 amide bonds. The maximum absolute atomic E-state index is 11.9. The summed E-state index contributed by atoms with van der Waals surface area (Å²) >= 11 is 0. The summed E-state index contributed by atoms with van der Waals surface area (Å²) in [5.74, 6) is 0.399. The molecule has 1 N–H and O–H groups in total. The van der Waals surface area contributed by atoms with Crippen LogP contribution in [0.1, 0.15) is 15.9 Å². The second-order valence-corrected chi connectivity index (χ2v) is 4.11. The Balaban J connectivity index is 1.91. The van der Waals surface area contributed by atoms with Crippen LogP contribution in [0, 0.1) is 0 Å². The molecule has 2 rings (SSSR count). The lowest BCUT2D eigenvalue weighted by molar-refractivity contribution is 0.0955. The summed E-state index contributed by atoms with van der Waals surface area (Å²) in [7, 11) is 0. The Morgan fingerprint density at radius 1 is 1.33 bits per heavy atom. The summed E-state index contributed by atoms with van der Waals surface area (Å²) in [5.41, 5.74) is 3.77. The molecular formula is C16H15N3O2. The number of hydrogen-bond donors (Lipinski definition) is 1. The smallest absolute Gasteiger partial charge is 0.271 e. The van der Waals surface area contributed by atoms with Crippen molar-refractivity contribution in [3.8, 4) is 5.75 Å². The van der Waals surface area contributed by atoms with Gasteiger partial charge in [0, 0.05) is 23.5 Å². The van der Waals surface area contributed by atoms with Crippen LogP contribution in [-0.4, -0.2) is 23.7 Å².